The van der Waals surface area contributed by atoms with Crippen molar-refractivity contribution in [1.82, 2.24) is 0 Å². The van der Waals surface area contributed by atoms with Crippen LogP contribution in [0.25, 0.3) is 0 Å². The summed E-state index contributed by atoms with van der Waals surface area (Å²) in [5.41, 5.74) is 0. The maximum atomic E-state index is 12.8. The van der Waals surface area contributed by atoms with Gasteiger partial charge in [0.2, 0.25) is 0 Å². The number of aliphatic hydroxyl groups is 5. The zero-order valence-electron chi connectivity index (χ0n) is 38.0. The van der Waals surface area contributed by atoms with Crippen molar-refractivity contribution in [1.29, 1.82) is 0 Å². The summed E-state index contributed by atoms with van der Waals surface area (Å²) in [4.78, 5) is 35.7. The number of phosphoric ester groups is 1. The van der Waals surface area contributed by atoms with Crippen LogP contribution < -0.4 is 0 Å². The molecule has 358 valence electrons. The third-order valence-electron chi connectivity index (χ3n) is 11.3. The Labute approximate surface area is 368 Å². The number of allylic oxidation sites excluding steroid dienone is 4. The lowest BCUT2D eigenvalue weighted by molar-refractivity contribution is -0.220. The quantitative estimate of drug-likeness (QED) is 0.0147. The summed E-state index contributed by atoms with van der Waals surface area (Å²) in [7, 11) is -5.12. The number of carbonyl (C=O) groups excluding carboxylic acids is 2. The van der Waals surface area contributed by atoms with Gasteiger partial charge in [-0.25, -0.2) is 4.57 Å². The molecule has 0 spiro atoms. The number of aliphatic hydroxyl groups excluding tert-OH is 5. The predicted octanol–water partition coefficient (Wildman–Crippen LogP) is 9.62. The number of ether oxygens (including phenoxy) is 2. The van der Waals surface area contributed by atoms with Gasteiger partial charge in [-0.15, -0.1) is 0 Å². The molecule has 6 atom stereocenters. The molecule has 1 rings (SSSR count). The minimum Gasteiger partial charge on any atom is -0.462 e. The second-order valence-electron chi connectivity index (χ2n) is 17.0. The van der Waals surface area contributed by atoms with E-state index in [1.54, 1.807) is 0 Å². The molecule has 0 amide bonds. The van der Waals surface area contributed by atoms with Crippen molar-refractivity contribution in [2.24, 2.45) is 0 Å². The summed E-state index contributed by atoms with van der Waals surface area (Å²) >= 11 is 0. The highest BCUT2D eigenvalue weighted by atomic mass is 31.2. The molecule has 1 saturated carbocycles. The van der Waals surface area contributed by atoms with Crippen LogP contribution >= 0.6 is 7.82 Å². The molecule has 6 N–H and O–H groups in total. The second-order valence-corrected chi connectivity index (χ2v) is 18.4. The van der Waals surface area contributed by atoms with Crippen LogP contribution in [0.1, 0.15) is 206 Å². The second kappa shape index (κ2) is 37.7. The van der Waals surface area contributed by atoms with Gasteiger partial charge in [0.1, 0.15) is 43.2 Å². The Hall–Kier alpha value is -1.67. The average Bonchev–Trinajstić information content (AvgIpc) is 3.24. The van der Waals surface area contributed by atoms with E-state index in [1.165, 1.54) is 96.3 Å². The monoisotopic (exact) mass is 891 g/mol. The fourth-order valence-corrected chi connectivity index (χ4v) is 8.31. The van der Waals surface area contributed by atoms with Crippen LogP contribution in [0.4, 0.5) is 0 Å². The van der Waals surface area contributed by atoms with E-state index in [0.29, 0.717) is 12.8 Å². The van der Waals surface area contributed by atoms with Crippen LogP contribution in [0.5, 0.6) is 0 Å². The van der Waals surface area contributed by atoms with E-state index in [9.17, 15) is 44.6 Å². The molecule has 13 nitrogen and oxygen atoms in total. The maximum Gasteiger partial charge on any atom is 0.472 e. The van der Waals surface area contributed by atoms with Crippen LogP contribution in [0.15, 0.2) is 24.3 Å². The molecule has 0 aliphatic heterocycles. The van der Waals surface area contributed by atoms with Gasteiger partial charge in [0.25, 0.3) is 0 Å². The molecular weight excluding hydrogens is 803 g/mol. The molecule has 1 aliphatic carbocycles. The van der Waals surface area contributed by atoms with Crippen LogP contribution in [0.3, 0.4) is 0 Å². The van der Waals surface area contributed by atoms with Crippen molar-refractivity contribution in [3.05, 3.63) is 24.3 Å². The first-order valence-electron chi connectivity index (χ1n) is 24.1. The first-order chi connectivity index (χ1) is 29.4. The van der Waals surface area contributed by atoms with Crippen LogP contribution in [-0.2, 0) is 32.7 Å². The lowest BCUT2D eigenvalue weighted by Crippen LogP contribution is -2.64. The summed E-state index contributed by atoms with van der Waals surface area (Å²) < 4.78 is 33.5. The molecule has 6 unspecified atom stereocenters. The van der Waals surface area contributed by atoms with Gasteiger partial charge in [-0.3, -0.25) is 18.6 Å². The summed E-state index contributed by atoms with van der Waals surface area (Å²) in [6.07, 6.45) is 28.0. The smallest absolute Gasteiger partial charge is 0.462 e. The van der Waals surface area contributed by atoms with Gasteiger partial charge < -0.3 is 39.9 Å². The lowest BCUT2D eigenvalue weighted by Gasteiger charge is -2.41. The Balaban J connectivity index is 2.44. The number of unbranched alkanes of at least 4 members (excludes halogenated alkanes) is 24. The van der Waals surface area contributed by atoms with E-state index in [1.807, 2.05) is 0 Å². The number of rotatable bonds is 40. The van der Waals surface area contributed by atoms with Crippen molar-refractivity contribution < 1.29 is 63.1 Å². The highest BCUT2D eigenvalue weighted by Crippen LogP contribution is 2.47. The molecule has 0 heterocycles. The lowest BCUT2D eigenvalue weighted by atomic mass is 9.85. The maximum absolute atomic E-state index is 12.8. The van der Waals surface area contributed by atoms with E-state index in [0.717, 1.165) is 70.6 Å². The van der Waals surface area contributed by atoms with E-state index >= 15 is 0 Å². The topological polar surface area (TPSA) is 210 Å². The van der Waals surface area contributed by atoms with Crippen LogP contribution in [0, 0.1) is 0 Å². The molecule has 0 saturated heterocycles. The first-order valence-corrected chi connectivity index (χ1v) is 25.6. The molecular formula is C47H87O13P. The fraction of sp³-hybridized carbons (Fsp3) is 0.872. The molecule has 14 heteroatoms. The zero-order chi connectivity index (χ0) is 45.0. The number of carbonyl (C=O) groups is 2. The standard InChI is InChI=1S/C47H87O13P/c1-3-5-7-9-11-13-15-17-19-20-22-23-25-27-29-31-33-35-40(48)57-37-39(38-58-61(55,56)60-47-45(53)43(51)42(50)44(52)46(47)54)59-41(49)36-34-32-30-28-26-24-21-18-16-14-12-10-8-6-4-2/h17-19,21,39,42-47,50-54H,3-16,20,22-38H2,1-2H3,(H,55,56). The normalized spacial score (nSPS) is 22.2. The zero-order valence-corrected chi connectivity index (χ0v) is 38.9. The largest absolute Gasteiger partial charge is 0.472 e. The summed E-state index contributed by atoms with van der Waals surface area (Å²) in [6, 6.07) is 0. The highest BCUT2D eigenvalue weighted by molar-refractivity contribution is 7.47. The molecule has 0 bridgehead atoms. The Morgan fingerprint density at radius 2 is 0.836 bits per heavy atom. The fourth-order valence-electron chi connectivity index (χ4n) is 7.34. The van der Waals surface area contributed by atoms with E-state index in [2.05, 4.69) is 38.2 Å². The highest BCUT2D eigenvalue weighted by Gasteiger charge is 2.51. The molecule has 0 radical (unpaired) electrons. The number of hydrogen-bond donors (Lipinski definition) is 6. The van der Waals surface area contributed by atoms with Gasteiger partial charge >= 0.3 is 19.8 Å². The summed E-state index contributed by atoms with van der Waals surface area (Å²) in [5, 5.41) is 50.2. The van der Waals surface area contributed by atoms with Gasteiger partial charge in [0, 0.05) is 12.8 Å². The molecule has 1 fully saturated rings. The van der Waals surface area contributed by atoms with Crippen molar-refractivity contribution in [2.75, 3.05) is 13.2 Å². The Kier molecular flexibility index (Phi) is 35.4. The van der Waals surface area contributed by atoms with Gasteiger partial charge in [-0.1, -0.05) is 154 Å². The van der Waals surface area contributed by atoms with Crippen molar-refractivity contribution in [3.8, 4) is 0 Å². The van der Waals surface area contributed by atoms with Crippen LogP contribution in [-0.4, -0.2) is 98.3 Å². The van der Waals surface area contributed by atoms with Gasteiger partial charge in [-0.2, -0.15) is 0 Å². The molecule has 61 heavy (non-hydrogen) atoms. The molecule has 0 aromatic heterocycles. The minimum atomic E-state index is -5.12. The van der Waals surface area contributed by atoms with E-state index < -0.39 is 75.7 Å². The van der Waals surface area contributed by atoms with Crippen molar-refractivity contribution in [3.63, 3.8) is 0 Å². The van der Waals surface area contributed by atoms with E-state index in [4.69, 9.17) is 18.5 Å². The Morgan fingerprint density at radius 1 is 0.492 bits per heavy atom. The van der Waals surface area contributed by atoms with Gasteiger partial charge in [0.15, 0.2) is 6.10 Å². The summed E-state index contributed by atoms with van der Waals surface area (Å²) in [5.74, 6) is -1.11. The van der Waals surface area contributed by atoms with E-state index in [-0.39, 0.29) is 12.8 Å². The van der Waals surface area contributed by atoms with Crippen LogP contribution in [0.2, 0.25) is 0 Å². The number of hydrogen-bond acceptors (Lipinski definition) is 12. The van der Waals surface area contributed by atoms with Crippen molar-refractivity contribution >= 4 is 19.8 Å². The SMILES string of the molecule is CCCCCCCCC=CCCCCCCCCCC(=O)OCC(COP(=O)(O)OC1C(O)C(O)C(O)C(O)C1O)OC(=O)CCCCCCCC=CCCCCCCCC. The molecule has 0 aromatic rings. The van der Waals surface area contributed by atoms with Gasteiger partial charge in [-0.05, 0) is 64.2 Å². The number of phosphoric acid groups is 1. The third-order valence-corrected chi connectivity index (χ3v) is 12.3. The third kappa shape index (κ3) is 30.2. The van der Waals surface area contributed by atoms with Gasteiger partial charge in [0.05, 0.1) is 6.61 Å². The molecule has 1 aliphatic rings. The Morgan fingerprint density at radius 3 is 1.25 bits per heavy atom. The Bertz CT molecular complexity index is 1170. The summed E-state index contributed by atoms with van der Waals surface area (Å²) in [6.45, 7) is 3.29. The first kappa shape index (κ1) is 57.3. The average molecular weight is 891 g/mol. The minimum absolute atomic E-state index is 0.0877. The molecule has 0 aromatic carbocycles. The predicted molar refractivity (Wildman–Crippen MR) is 240 cm³/mol. The number of esters is 2. The van der Waals surface area contributed by atoms with Crippen molar-refractivity contribution in [2.45, 2.75) is 249 Å².